The summed E-state index contributed by atoms with van der Waals surface area (Å²) in [5, 5.41) is 12.2. The molecule has 0 atom stereocenters. The lowest BCUT2D eigenvalue weighted by Crippen LogP contribution is -2.52. The summed E-state index contributed by atoms with van der Waals surface area (Å²) >= 11 is 0. The van der Waals surface area contributed by atoms with E-state index < -0.39 is 5.54 Å². The summed E-state index contributed by atoms with van der Waals surface area (Å²) in [6.45, 7) is 3.36. The van der Waals surface area contributed by atoms with Gasteiger partial charge in [0.25, 0.3) is 0 Å². The molecule has 0 aromatic rings. The Morgan fingerprint density at radius 2 is 1.94 bits per heavy atom. The number of hydrogen-bond donors (Lipinski definition) is 1. The van der Waals surface area contributed by atoms with Crippen LogP contribution in [0.4, 0.5) is 0 Å². The van der Waals surface area contributed by atoms with Crippen LogP contribution in [-0.4, -0.2) is 49.2 Å². The summed E-state index contributed by atoms with van der Waals surface area (Å²) in [5.41, 5.74) is -0.610. The highest BCUT2D eigenvalue weighted by atomic mass is 16.5. The van der Waals surface area contributed by atoms with E-state index in [1.165, 1.54) is 6.42 Å². The Bertz CT molecular complexity index is 326. The first-order chi connectivity index (χ1) is 8.74. The van der Waals surface area contributed by atoms with E-state index in [9.17, 15) is 10.1 Å². The minimum absolute atomic E-state index is 0.0275. The van der Waals surface area contributed by atoms with Gasteiger partial charge in [0.1, 0.15) is 5.54 Å². The van der Waals surface area contributed by atoms with E-state index in [1.54, 1.807) is 0 Å². The number of nitrogens with zero attached hydrogens (tertiary/aromatic N) is 2. The number of rotatable bonds is 3. The second-order valence-corrected chi connectivity index (χ2v) is 5.19. The van der Waals surface area contributed by atoms with E-state index in [2.05, 4.69) is 16.3 Å². The van der Waals surface area contributed by atoms with E-state index >= 15 is 0 Å². The number of amides is 1. The van der Waals surface area contributed by atoms with Gasteiger partial charge in [-0.2, -0.15) is 5.26 Å². The van der Waals surface area contributed by atoms with Crippen LogP contribution in [0, 0.1) is 11.3 Å². The summed E-state index contributed by atoms with van der Waals surface area (Å²) in [5.74, 6) is -0.0275. The zero-order valence-electron chi connectivity index (χ0n) is 10.8. The van der Waals surface area contributed by atoms with Crippen LogP contribution in [0.15, 0.2) is 0 Å². The van der Waals surface area contributed by atoms with Gasteiger partial charge in [-0.1, -0.05) is 19.3 Å². The van der Waals surface area contributed by atoms with Crippen LogP contribution in [0.2, 0.25) is 0 Å². The van der Waals surface area contributed by atoms with Crippen molar-refractivity contribution in [3.8, 4) is 6.07 Å². The van der Waals surface area contributed by atoms with Gasteiger partial charge in [-0.25, -0.2) is 0 Å². The Labute approximate surface area is 108 Å². The second kappa shape index (κ2) is 6.17. The SMILES string of the molecule is N#CC1(NC(=O)CN2CCOCC2)CCCCC1. The molecule has 1 amide bonds. The van der Waals surface area contributed by atoms with Crippen molar-refractivity contribution in [2.24, 2.45) is 0 Å². The van der Waals surface area contributed by atoms with Crippen LogP contribution in [0.25, 0.3) is 0 Å². The van der Waals surface area contributed by atoms with Crippen molar-refractivity contribution < 1.29 is 9.53 Å². The minimum Gasteiger partial charge on any atom is -0.379 e. The zero-order chi connectivity index (χ0) is 12.8. The lowest BCUT2D eigenvalue weighted by molar-refractivity contribution is -0.124. The molecule has 2 rings (SSSR count). The van der Waals surface area contributed by atoms with Gasteiger partial charge < -0.3 is 10.1 Å². The van der Waals surface area contributed by atoms with Gasteiger partial charge in [0.05, 0.1) is 25.8 Å². The minimum atomic E-state index is -0.610. The second-order valence-electron chi connectivity index (χ2n) is 5.19. The number of hydrogen-bond acceptors (Lipinski definition) is 4. The average molecular weight is 251 g/mol. The fourth-order valence-corrected chi connectivity index (χ4v) is 2.69. The molecule has 5 heteroatoms. The number of carbonyl (C=O) groups excluding carboxylic acids is 1. The van der Waals surface area contributed by atoms with Crippen LogP contribution in [-0.2, 0) is 9.53 Å². The Balaban J connectivity index is 1.83. The molecule has 0 aromatic heterocycles. The van der Waals surface area contributed by atoms with Gasteiger partial charge in [0.2, 0.25) is 5.91 Å². The quantitative estimate of drug-likeness (QED) is 0.800. The molecule has 1 N–H and O–H groups in total. The Morgan fingerprint density at radius 3 is 2.56 bits per heavy atom. The van der Waals surface area contributed by atoms with E-state index in [0.29, 0.717) is 19.8 Å². The fraction of sp³-hybridized carbons (Fsp3) is 0.846. The molecule has 18 heavy (non-hydrogen) atoms. The molecule has 1 saturated heterocycles. The molecule has 1 heterocycles. The maximum atomic E-state index is 12.0. The Hall–Kier alpha value is -1.12. The van der Waals surface area contributed by atoms with Gasteiger partial charge in [0.15, 0.2) is 0 Å². The zero-order valence-corrected chi connectivity index (χ0v) is 10.8. The van der Waals surface area contributed by atoms with Crippen LogP contribution in [0.3, 0.4) is 0 Å². The van der Waals surface area contributed by atoms with E-state index in [4.69, 9.17) is 4.74 Å². The van der Waals surface area contributed by atoms with E-state index in [0.717, 1.165) is 38.8 Å². The first-order valence-corrected chi connectivity index (χ1v) is 6.76. The van der Waals surface area contributed by atoms with Gasteiger partial charge in [-0.05, 0) is 12.8 Å². The Morgan fingerprint density at radius 1 is 1.28 bits per heavy atom. The van der Waals surface area contributed by atoms with Crippen molar-refractivity contribution in [3.63, 3.8) is 0 Å². The van der Waals surface area contributed by atoms with Crippen molar-refractivity contribution in [1.29, 1.82) is 5.26 Å². The van der Waals surface area contributed by atoms with Gasteiger partial charge in [-0.3, -0.25) is 9.69 Å². The highest BCUT2D eigenvalue weighted by molar-refractivity contribution is 5.79. The highest BCUT2D eigenvalue weighted by Crippen LogP contribution is 2.27. The molecule has 100 valence electrons. The lowest BCUT2D eigenvalue weighted by Gasteiger charge is -2.33. The molecule has 0 aromatic carbocycles. The van der Waals surface area contributed by atoms with Crippen LogP contribution in [0.1, 0.15) is 32.1 Å². The van der Waals surface area contributed by atoms with Crippen LogP contribution in [0.5, 0.6) is 0 Å². The molecule has 2 fully saturated rings. The number of nitriles is 1. The average Bonchev–Trinajstić information content (AvgIpc) is 2.41. The van der Waals surface area contributed by atoms with Gasteiger partial charge in [-0.15, -0.1) is 0 Å². The molecule has 5 nitrogen and oxygen atoms in total. The monoisotopic (exact) mass is 251 g/mol. The van der Waals surface area contributed by atoms with E-state index in [1.807, 2.05) is 0 Å². The smallest absolute Gasteiger partial charge is 0.235 e. The van der Waals surface area contributed by atoms with Crippen molar-refractivity contribution in [2.75, 3.05) is 32.8 Å². The van der Waals surface area contributed by atoms with Crippen molar-refractivity contribution in [1.82, 2.24) is 10.2 Å². The normalized spacial score (nSPS) is 24.2. The number of morpholine rings is 1. The lowest BCUT2D eigenvalue weighted by atomic mass is 9.83. The third kappa shape index (κ3) is 3.44. The molecule has 1 saturated carbocycles. The van der Waals surface area contributed by atoms with Crippen molar-refractivity contribution >= 4 is 5.91 Å². The molecule has 0 bridgehead atoms. The first-order valence-electron chi connectivity index (χ1n) is 6.76. The summed E-state index contributed by atoms with van der Waals surface area (Å²) in [6, 6.07) is 2.31. The molecular weight excluding hydrogens is 230 g/mol. The summed E-state index contributed by atoms with van der Waals surface area (Å²) in [4.78, 5) is 14.1. The van der Waals surface area contributed by atoms with Crippen molar-refractivity contribution in [2.45, 2.75) is 37.6 Å². The molecule has 2 aliphatic rings. The van der Waals surface area contributed by atoms with Gasteiger partial charge in [0, 0.05) is 13.1 Å². The molecule has 1 aliphatic heterocycles. The van der Waals surface area contributed by atoms with Crippen LogP contribution < -0.4 is 5.32 Å². The third-order valence-electron chi connectivity index (χ3n) is 3.77. The summed E-state index contributed by atoms with van der Waals surface area (Å²) in [6.07, 6.45) is 4.82. The highest BCUT2D eigenvalue weighted by Gasteiger charge is 2.33. The van der Waals surface area contributed by atoms with Crippen molar-refractivity contribution in [3.05, 3.63) is 0 Å². The fourth-order valence-electron chi connectivity index (χ4n) is 2.69. The summed E-state index contributed by atoms with van der Waals surface area (Å²) in [7, 11) is 0. The molecule has 0 unspecified atom stereocenters. The molecule has 0 spiro atoms. The molecule has 0 radical (unpaired) electrons. The summed E-state index contributed by atoms with van der Waals surface area (Å²) < 4.78 is 5.25. The Kier molecular flexibility index (Phi) is 4.56. The number of nitrogens with one attached hydrogen (secondary N) is 1. The predicted molar refractivity (Wildman–Crippen MR) is 66.8 cm³/mol. The maximum absolute atomic E-state index is 12.0. The topological polar surface area (TPSA) is 65.4 Å². The third-order valence-corrected chi connectivity index (χ3v) is 3.77. The van der Waals surface area contributed by atoms with Gasteiger partial charge >= 0.3 is 0 Å². The standard InChI is InChI=1S/C13H21N3O2/c14-11-13(4-2-1-3-5-13)15-12(17)10-16-6-8-18-9-7-16/h1-10H2,(H,15,17). The molecular formula is C13H21N3O2. The number of carbonyl (C=O) groups is 1. The molecule has 1 aliphatic carbocycles. The number of ether oxygens (including phenoxy) is 1. The first kappa shape index (κ1) is 13.3. The maximum Gasteiger partial charge on any atom is 0.235 e. The predicted octanol–water partition coefficient (Wildman–Crippen LogP) is 0.661. The van der Waals surface area contributed by atoms with Crippen LogP contribution >= 0.6 is 0 Å². The van der Waals surface area contributed by atoms with E-state index in [-0.39, 0.29) is 5.91 Å². The largest absolute Gasteiger partial charge is 0.379 e.